The van der Waals surface area contributed by atoms with Gasteiger partial charge in [0.05, 0.1) is 6.61 Å². The fourth-order valence-corrected chi connectivity index (χ4v) is 2.19. The average molecular weight is 234 g/mol. The van der Waals surface area contributed by atoms with E-state index in [1.807, 2.05) is 6.92 Å². The second-order valence-electron chi connectivity index (χ2n) is 4.02. The summed E-state index contributed by atoms with van der Waals surface area (Å²) >= 11 is 6.11. The summed E-state index contributed by atoms with van der Waals surface area (Å²) < 4.78 is 4.86. The molecule has 1 unspecified atom stereocenters. The van der Waals surface area contributed by atoms with Crippen molar-refractivity contribution in [1.29, 1.82) is 0 Å². The van der Waals surface area contributed by atoms with E-state index in [0.29, 0.717) is 6.61 Å². The fraction of sp³-hybridized carbons (Fsp3) is 0.909. The van der Waals surface area contributed by atoms with E-state index in [-0.39, 0.29) is 17.5 Å². The van der Waals surface area contributed by atoms with Gasteiger partial charge in [0.25, 0.3) is 0 Å². The molecule has 0 aromatic carbocycles. The average Bonchev–Trinajstić information content (AvgIpc) is 2.17. The summed E-state index contributed by atoms with van der Waals surface area (Å²) in [5.41, 5.74) is 0. The first-order chi connectivity index (χ1) is 7.22. The Bertz CT molecular complexity index is 199. The molecular weight excluding hydrogens is 214 g/mol. The number of alkyl halides is 1. The topological polar surface area (TPSA) is 38.3 Å². The number of hydrogen-bond acceptors (Lipinski definition) is 2. The third-order valence-corrected chi connectivity index (χ3v) is 3.18. The van der Waals surface area contributed by atoms with Crippen molar-refractivity contribution in [2.75, 3.05) is 6.61 Å². The van der Waals surface area contributed by atoms with Crippen LogP contribution >= 0.6 is 11.6 Å². The van der Waals surface area contributed by atoms with Gasteiger partial charge >= 0.3 is 6.09 Å². The molecule has 4 heteroatoms. The van der Waals surface area contributed by atoms with Crippen LogP contribution in [-0.2, 0) is 4.74 Å². The number of halogens is 1. The molecule has 3 nitrogen and oxygen atoms in total. The smallest absolute Gasteiger partial charge is 0.407 e. The largest absolute Gasteiger partial charge is 0.450 e. The Balaban J connectivity index is 2.29. The number of nitrogens with one attached hydrogen (secondary N) is 1. The highest BCUT2D eigenvalue weighted by atomic mass is 35.5. The highest BCUT2D eigenvalue weighted by molar-refractivity contribution is 6.20. The first-order valence-corrected chi connectivity index (χ1v) is 6.23. The van der Waals surface area contributed by atoms with E-state index in [1.54, 1.807) is 0 Å². The lowest BCUT2D eigenvalue weighted by molar-refractivity contribution is 0.146. The maximum atomic E-state index is 11.2. The first-order valence-electron chi connectivity index (χ1n) is 5.79. The zero-order chi connectivity index (χ0) is 11.1. The molecule has 1 aliphatic rings. The van der Waals surface area contributed by atoms with E-state index < -0.39 is 0 Å². The lowest BCUT2D eigenvalue weighted by Crippen LogP contribution is -2.36. The molecule has 1 fully saturated rings. The summed E-state index contributed by atoms with van der Waals surface area (Å²) in [5.74, 6) is 0. The maximum Gasteiger partial charge on any atom is 0.407 e. The van der Waals surface area contributed by atoms with Crippen LogP contribution < -0.4 is 5.32 Å². The number of rotatable bonds is 2. The van der Waals surface area contributed by atoms with Crippen LogP contribution in [0, 0.1) is 0 Å². The Hall–Kier alpha value is -0.440. The SMILES string of the molecule is CCOC(=O)N[C@@H]1CCCCC(Cl)CC1. The molecule has 0 bridgehead atoms. The monoisotopic (exact) mass is 233 g/mol. The zero-order valence-corrected chi connectivity index (χ0v) is 10.1. The number of ether oxygens (including phenoxy) is 1. The molecule has 0 aliphatic heterocycles. The van der Waals surface area contributed by atoms with Crippen LogP contribution in [0.25, 0.3) is 0 Å². The van der Waals surface area contributed by atoms with Crippen molar-refractivity contribution in [3.63, 3.8) is 0 Å². The van der Waals surface area contributed by atoms with E-state index >= 15 is 0 Å². The Morgan fingerprint density at radius 2 is 2.07 bits per heavy atom. The van der Waals surface area contributed by atoms with Gasteiger partial charge in [-0.1, -0.05) is 12.8 Å². The van der Waals surface area contributed by atoms with Gasteiger partial charge in [-0.05, 0) is 32.6 Å². The van der Waals surface area contributed by atoms with Crippen molar-refractivity contribution in [3.8, 4) is 0 Å². The zero-order valence-electron chi connectivity index (χ0n) is 9.30. The van der Waals surface area contributed by atoms with Crippen LogP contribution in [0.4, 0.5) is 4.79 Å². The number of carbonyl (C=O) groups is 1. The van der Waals surface area contributed by atoms with E-state index in [9.17, 15) is 4.79 Å². The van der Waals surface area contributed by atoms with Crippen LogP contribution in [0.15, 0.2) is 0 Å². The third-order valence-electron chi connectivity index (χ3n) is 2.75. The van der Waals surface area contributed by atoms with Crippen LogP contribution in [0.3, 0.4) is 0 Å². The lowest BCUT2D eigenvalue weighted by atomic mass is 9.96. The van der Waals surface area contributed by atoms with Gasteiger partial charge in [0.15, 0.2) is 0 Å². The van der Waals surface area contributed by atoms with Gasteiger partial charge < -0.3 is 10.1 Å². The molecule has 0 spiro atoms. The highest BCUT2D eigenvalue weighted by Crippen LogP contribution is 2.21. The Kier molecular flexibility index (Phi) is 5.84. The molecule has 1 N–H and O–H groups in total. The number of carbonyl (C=O) groups excluding carboxylic acids is 1. The molecule has 0 aromatic heterocycles. The summed E-state index contributed by atoms with van der Waals surface area (Å²) in [6, 6.07) is 0.241. The minimum absolute atomic E-state index is 0.241. The number of alkyl carbamates (subject to hydrolysis) is 1. The molecule has 1 amide bonds. The van der Waals surface area contributed by atoms with Crippen LogP contribution in [0.2, 0.25) is 0 Å². The molecule has 2 atom stereocenters. The van der Waals surface area contributed by atoms with Crippen LogP contribution in [0.5, 0.6) is 0 Å². The number of amides is 1. The molecule has 0 saturated heterocycles. The van der Waals surface area contributed by atoms with Crippen molar-refractivity contribution >= 4 is 17.7 Å². The van der Waals surface area contributed by atoms with Crippen molar-refractivity contribution in [2.24, 2.45) is 0 Å². The highest BCUT2D eigenvalue weighted by Gasteiger charge is 2.17. The molecule has 88 valence electrons. The van der Waals surface area contributed by atoms with Gasteiger partial charge in [-0.15, -0.1) is 11.6 Å². The van der Waals surface area contributed by atoms with Crippen molar-refractivity contribution in [1.82, 2.24) is 5.32 Å². The molecule has 1 rings (SSSR count). The predicted molar refractivity (Wildman–Crippen MR) is 61.3 cm³/mol. The summed E-state index contributed by atoms with van der Waals surface area (Å²) in [5, 5.41) is 3.16. The standard InChI is InChI=1S/C11H20ClNO2/c1-2-15-11(14)13-10-6-4-3-5-9(12)7-8-10/h9-10H,2-8H2,1H3,(H,13,14)/t9?,10-/m1/s1. The summed E-state index contributed by atoms with van der Waals surface area (Å²) in [7, 11) is 0. The molecule has 0 heterocycles. The molecular formula is C11H20ClNO2. The Morgan fingerprint density at radius 1 is 1.33 bits per heavy atom. The summed E-state index contributed by atoms with van der Waals surface area (Å²) in [6.45, 7) is 2.24. The van der Waals surface area contributed by atoms with Gasteiger partial charge in [-0.3, -0.25) is 0 Å². The molecule has 0 radical (unpaired) electrons. The Morgan fingerprint density at radius 3 is 2.80 bits per heavy atom. The lowest BCUT2D eigenvalue weighted by Gasteiger charge is -2.22. The van der Waals surface area contributed by atoms with E-state index in [2.05, 4.69) is 5.32 Å². The van der Waals surface area contributed by atoms with E-state index in [1.165, 1.54) is 0 Å². The van der Waals surface area contributed by atoms with Crippen molar-refractivity contribution < 1.29 is 9.53 Å². The molecule has 1 saturated carbocycles. The predicted octanol–water partition coefficient (Wildman–Crippen LogP) is 3.06. The van der Waals surface area contributed by atoms with Crippen LogP contribution in [-0.4, -0.2) is 24.1 Å². The van der Waals surface area contributed by atoms with E-state index in [4.69, 9.17) is 16.3 Å². The number of hydrogen-bond donors (Lipinski definition) is 1. The van der Waals surface area contributed by atoms with Gasteiger partial charge in [0, 0.05) is 11.4 Å². The van der Waals surface area contributed by atoms with Gasteiger partial charge in [-0.25, -0.2) is 4.79 Å². The maximum absolute atomic E-state index is 11.2. The second kappa shape index (κ2) is 6.94. The van der Waals surface area contributed by atoms with Crippen molar-refractivity contribution in [3.05, 3.63) is 0 Å². The summed E-state index contributed by atoms with van der Waals surface area (Å²) in [6.07, 6.45) is 6.10. The van der Waals surface area contributed by atoms with E-state index in [0.717, 1.165) is 38.5 Å². The summed E-state index contributed by atoms with van der Waals surface area (Å²) in [4.78, 5) is 11.2. The quantitative estimate of drug-likeness (QED) is 0.745. The molecule has 15 heavy (non-hydrogen) atoms. The Labute approximate surface area is 96.5 Å². The molecule has 0 aromatic rings. The normalized spacial score (nSPS) is 27.6. The minimum atomic E-state index is -0.297. The van der Waals surface area contributed by atoms with Gasteiger partial charge in [0.1, 0.15) is 0 Å². The van der Waals surface area contributed by atoms with Gasteiger partial charge in [0.2, 0.25) is 0 Å². The third kappa shape index (κ3) is 5.26. The van der Waals surface area contributed by atoms with Gasteiger partial charge in [-0.2, -0.15) is 0 Å². The first kappa shape index (κ1) is 12.6. The van der Waals surface area contributed by atoms with Crippen LogP contribution in [0.1, 0.15) is 45.4 Å². The second-order valence-corrected chi connectivity index (χ2v) is 4.64. The molecule has 1 aliphatic carbocycles. The fourth-order valence-electron chi connectivity index (χ4n) is 1.91. The van der Waals surface area contributed by atoms with Crippen molar-refractivity contribution in [2.45, 2.75) is 56.9 Å². The minimum Gasteiger partial charge on any atom is -0.450 e.